The third kappa shape index (κ3) is 7.00. The monoisotopic (exact) mass is 525 g/mol. The van der Waals surface area contributed by atoms with E-state index in [2.05, 4.69) is 41.3 Å². The van der Waals surface area contributed by atoms with E-state index in [1.165, 1.54) is 18.1 Å². The normalized spacial score (nSPS) is 11.8. The van der Waals surface area contributed by atoms with Gasteiger partial charge in [0, 0.05) is 19.5 Å². The number of ketones is 1. The summed E-state index contributed by atoms with van der Waals surface area (Å²) in [4.78, 5) is 27.3. The summed E-state index contributed by atoms with van der Waals surface area (Å²) in [6.45, 7) is 6.60. The van der Waals surface area contributed by atoms with Crippen LogP contribution in [0.15, 0.2) is 84.9 Å². The second-order valence-electron chi connectivity index (χ2n) is 9.58. The number of hydrogen-bond donors (Lipinski definition) is 0. The summed E-state index contributed by atoms with van der Waals surface area (Å²) in [6.07, 6.45) is 0.536. The summed E-state index contributed by atoms with van der Waals surface area (Å²) >= 11 is 0. The second kappa shape index (κ2) is 13.0. The van der Waals surface area contributed by atoms with E-state index in [0.29, 0.717) is 30.1 Å². The zero-order chi connectivity index (χ0) is 27.8. The third-order valence-corrected chi connectivity index (χ3v) is 6.44. The maximum Gasteiger partial charge on any atom is 0.359 e. The number of para-hydroxylation sites is 2. The van der Waals surface area contributed by atoms with Crippen molar-refractivity contribution in [1.29, 1.82) is 0 Å². The first-order chi connectivity index (χ1) is 18.9. The number of hydrogen-bond acceptors (Lipinski definition) is 6. The molecule has 0 fully saturated rings. The summed E-state index contributed by atoms with van der Waals surface area (Å²) < 4.78 is 13.5. The molecule has 0 bridgehead atoms. The summed E-state index contributed by atoms with van der Waals surface area (Å²) in [5, 5.41) is 4.52. The molecule has 0 N–H and O–H groups in total. The SMILES string of the molecule is CCOC(=O)c1nn(-c2ccccc2OC(Cc2ccccc2)CN(C)Cc2ccccc2)c(C)c1C(C)=O. The number of rotatable bonds is 12. The predicted molar refractivity (Wildman–Crippen MR) is 152 cm³/mol. The van der Waals surface area contributed by atoms with Crippen LogP contribution in [0.5, 0.6) is 5.75 Å². The first-order valence-electron chi connectivity index (χ1n) is 13.2. The van der Waals surface area contributed by atoms with Gasteiger partial charge in [-0.1, -0.05) is 72.8 Å². The molecule has 0 saturated heterocycles. The van der Waals surface area contributed by atoms with Crippen LogP contribution in [0.3, 0.4) is 0 Å². The van der Waals surface area contributed by atoms with Crippen LogP contribution in [-0.2, 0) is 17.7 Å². The second-order valence-corrected chi connectivity index (χ2v) is 9.58. The van der Waals surface area contributed by atoms with Crippen molar-refractivity contribution in [2.45, 2.75) is 39.8 Å². The Bertz CT molecular complexity index is 1400. The fraction of sp³-hybridized carbons (Fsp3) is 0.281. The van der Waals surface area contributed by atoms with Crippen LogP contribution in [-0.4, -0.2) is 52.7 Å². The number of aromatic nitrogens is 2. The van der Waals surface area contributed by atoms with Crippen molar-refractivity contribution in [1.82, 2.24) is 14.7 Å². The number of Topliss-reactive ketones (excluding diaryl/α,β-unsaturated/α-hetero) is 1. The van der Waals surface area contributed by atoms with Crippen molar-refractivity contribution >= 4 is 11.8 Å². The number of ether oxygens (including phenoxy) is 2. The van der Waals surface area contributed by atoms with Gasteiger partial charge < -0.3 is 9.47 Å². The zero-order valence-corrected chi connectivity index (χ0v) is 23.0. The minimum absolute atomic E-state index is 0.0140. The van der Waals surface area contributed by atoms with E-state index in [-0.39, 0.29) is 29.8 Å². The number of carbonyl (C=O) groups is 2. The summed E-state index contributed by atoms with van der Waals surface area (Å²) in [6, 6.07) is 28.2. The van der Waals surface area contributed by atoms with Crippen LogP contribution in [0.25, 0.3) is 5.69 Å². The van der Waals surface area contributed by atoms with E-state index >= 15 is 0 Å². The Labute approximate surface area is 230 Å². The van der Waals surface area contributed by atoms with Gasteiger partial charge >= 0.3 is 5.97 Å². The molecular formula is C32H35N3O4. The summed E-state index contributed by atoms with van der Waals surface area (Å²) in [5.74, 6) is -0.250. The molecule has 7 heteroatoms. The number of nitrogens with zero attached hydrogens (tertiary/aromatic N) is 3. The standard InChI is InChI=1S/C32H35N3O4/c1-5-38-32(37)31-30(24(3)36)23(2)35(33-31)28-18-12-13-19-29(28)39-27(20-25-14-8-6-9-15-25)22-34(4)21-26-16-10-7-11-17-26/h6-19,27H,5,20-22H2,1-4H3. The highest BCUT2D eigenvalue weighted by molar-refractivity contribution is 6.05. The Morgan fingerprint density at radius 2 is 1.54 bits per heavy atom. The van der Waals surface area contributed by atoms with Gasteiger partial charge in [-0.3, -0.25) is 9.69 Å². The molecule has 1 heterocycles. The molecule has 0 aliphatic carbocycles. The Morgan fingerprint density at radius 1 is 0.923 bits per heavy atom. The highest BCUT2D eigenvalue weighted by Gasteiger charge is 2.27. The first kappa shape index (κ1) is 27.8. The van der Waals surface area contributed by atoms with Crippen molar-refractivity contribution in [3.05, 3.63) is 113 Å². The smallest absolute Gasteiger partial charge is 0.359 e. The summed E-state index contributed by atoms with van der Waals surface area (Å²) in [5.41, 5.74) is 3.88. The zero-order valence-electron chi connectivity index (χ0n) is 23.0. The number of benzene rings is 3. The molecule has 4 aromatic rings. The highest BCUT2D eigenvalue weighted by Crippen LogP contribution is 2.28. The minimum atomic E-state index is -0.618. The van der Waals surface area contributed by atoms with E-state index in [4.69, 9.17) is 9.47 Å². The van der Waals surface area contributed by atoms with Crippen LogP contribution in [0.1, 0.15) is 51.5 Å². The van der Waals surface area contributed by atoms with E-state index in [1.54, 1.807) is 18.5 Å². The van der Waals surface area contributed by atoms with Gasteiger partial charge in [-0.2, -0.15) is 5.10 Å². The van der Waals surface area contributed by atoms with Crippen molar-refractivity contribution < 1.29 is 19.1 Å². The fourth-order valence-corrected chi connectivity index (χ4v) is 4.74. The molecule has 0 aliphatic heterocycles. The number of carbonyl (C=O) groups excluding carboxylic acids is 2. The van der Waals surface area contributed by atoms with Crippen LogP contribution in [0, 0.1) is 6.92 Å². The first-order valence-corrected chi connectivity index (χ1v) is 13.2. The molecule has 0 saturated carbocycles. The Kier molecular flexibility index (Phi) is 9.28. The maximum atomic E-state index is 12.6. The molecule has 3 aromatic carbocycles. The van der Waals surface area contributed by atoms with Gasteiger partial charge in [0.2, 0.25) is 0 Å². The molecule has 39 heavy (non-hydrogen) atoms. The van der Waals surface area contributed by atoms with Crippen LogP contribution in [0.4, 0.5) is 0 Å². The molecule has 202 valence electrons. The van der Waals surface area contributed by atoms with Gasteiger partial charge in [-0.05, 0) is 51.1 Å². The lowest BCUT2D eigenvalue weighted by molar-refractivity contribution is 0.0515. The average Bonchev–Trinajstić information content (AvgIpc) is 3.27. The van der Waals surface area contributed by atoms with Gasteiger partial charge in [-0.15, -0.1) is 0 Å². The van der Waals surface area contributed by atoms with Gasteiger partial charge in [0.25, 0.3) is 0 Å². The lowest BCUT2D eigenvalue weighted by Gasteiger charge is -2.26. The molecule has 7 nitrogen and oxygen atoms in total. The van der Waals surface area contributed by atoms with E-state index in [0.717, 1.165) is 6.54 Å². The Morgan fingerprint density at radius 3 is 2.18 bits per heavy atom. The molecule has 4 rings (SSSR count). The molecule has 1 atom stereocenters. The van der Waals surface area contributed by atoms with Crippen molar-refractivity contribution in [3.8, 4) is 11.4 Å². The Balaban J connectivity index is 1.66. The number of esters is 1. The van der Waals surface area contributed by atoms with Crippen LogP contribution in [0.2, 0.25) is 0 Å². The Hall–Kier alpha value is -4.23. The minimum Gasteiger partial charge on any atom is -0.486 e. The average molecular weight is 526 g/mol. The largest absolute Gasteiger partial charge is 0.486 e. The topological polar surface area (TPSA) is 73.7 Å². The van der Waals surface area contributed by atoms with Gasteiger partial charge in [0.1, 0.15) is 17.5 Å². The van der Waals surface area contributed by atoms with Gasteiger partial charge in [0.15, 0.2) is 11.5 Å². The van der Waals surface area contributed by atoms with Crippen molar-refractivity contribution in [2.75, 3.05) is 20.2 Å². The third-order valence-electron chi connectivity index (χ3n) is 6.44. The van der Waals surface area contributed by atoms with Crippen molar-refractivity contribution in [3.63, 3.8) is 0 Å². The molecule has 0 radical (unpaired) electrons. The van der Waals surface area contributed by atoms with Crippen molar-refractivity contribution in [2.24, 2.45) is 0 Å². The lowest BCUT2D eigenvalue weighted by Crippen LogP contribution is -2.34. The quantitative estimate of drug-likeness (QED) is 0.175. The molecule has 1 unspecified atom stereocenters. The molecular weight excluding hydrogens is 490 g/mol. The van der Waals surface area contributed by atoms with Gasteiger partial charge in [-0.25, -0.2) is 9.48 Å². The van der Waals surface area contributed by atoms with E-state index < -0.39 is 5.97 Å². The highest BCUT2D eigenvalue weighted by atomic mass is 16.5. The predicted octanol–water partition coefficient (Wildman–Crippen LogP) is 5.68. The molecule has 1 aromatic heterocycles. The van der Waals surface area contributed by atoms with Gasteiger partial charge in [0.05, 0.1) is 17.9 Å². The van der Waals surface area contributed by atoms with E-state index in [1.807, 2.05) is 60.7 Å². The fourth-order valence-electron chi connectivity index (χ4n) is 4.74. The number of likely N-dealkylation sites (N-methyl/N-ethyl adjacent to an activating group) is 1. The lowest BCUT2D eigenvalue weighted by atomic mass is 10.1. The molecule has 0 amide bonds. The maximum absolute atomic E-state index is 12.6. The summed E-state index contributed by atoms with van der Waals surface area (Å²) in [7, 11) is 2.09. The molecule has 0 spiro atoms. The molecule has 0 aliphatic rings. The van der Waals surface area contributed by atoms with E-state index in [9.17, 15) is 9.59 Å². The van der Waals surface area contributed by atoms with Crippen LogP contribution >= 0.6 is 0 Å². The van der Waals surface area contributed by atoms with Crippen LogP contribution < -0.4 is 4.74 Å².